The number of aromatic nitrogens is 1. The Morgan fingerprint density at radius 2 is 2.00 bits per heavy atom. The van der Waals surface area contributed by atoms with Crippen molar-refractivity contribution in [3.63, 3.8) is 0 Å². The lowest BCUT2D eigenvalue weighted by Gasteiger charge is -2.20. The molecule has 0 unspecified atom stereocenters. The molecule has 0 N–H and O–H groups in total. The Balaban J connectivity index is 2.59. The third-order valence-corrected chi connectivity index (χ3v) is 2.65. The van der Waals surface area contributed by atoms with Gasteiger partial charge in [0, 0.05) is 5.39 Å². The van der Waals surface area contributed by atoms with Crippen LogP contribution in [0.1, 0.15) is 32.0 Å². The molecule has 1 heterocycles. The van der Waals surface area contributed by atoms with Crippen LogP contribution in [0.4, 0.5) is 4.79 Å². The van der Waals surface area contributed by atoms with E-state index in [2.05, 4.69) is 0 Å². The molecule has 0 aliphatic heterocycles. The molecule has 1 aromatic carbocycles. The highest BCUT2D eigenvalue weighted by atomic mass is 16.6. The van der Waals surface area contributed by atoms with Gasteiger partial charge in [-0.3, -0.25) is 0 Å². The summed E-state index contributed by atoms with van der Waals surface area (Å²) in [5.41, 5.74) is 1.47. The molecular weight excluding hydrogens is 240 g/mol. The maximum absolute atomic E-state index is 12.2. The van der Waals surface area contributed by atoms with E-state index < -0.39 is 11.7 Å². The minimum atomic E-state index is -0.592. The van der Waals surface area contributed by atoms with Gasteiger partial charge in [0.15, 0.2) is 0 Å². The fourth-order valence-corrected chi connectivity index (χ4v) is 1.92. The maximum atomic E-state index is 12.2. The Morgan fingerprint density at radius 1 is 1.32 bits per heavy atom. The van der Waals surface area contributed by atoms with Crippen LogP contribution in [0.5, 0.6) is 0 Å². The molecule has 2 rings (SSSR count). The first-order chi connectivity index (χ1) is 8.81. The maximum Gasteiger partial charge on any atom is 0.420 e. The van der Waals surface area contributed by atoms with E-state index >= 15 is 0 Å². The summed E-state index contributed by atoms with van der Waals surface area (Å²) in [6.45, 7) is 7.36. The number of fused-ring (bicyclic) bond motifs is 1. The van der Waals surface area contributed by atoms with E-state index in [9.17, 15) is 4.79 Å². The summed E-state index contributed by atoms with van der Waals surface area (Å²) in [5, 5.41) is 10.0. The van der Waals surface area contributed by atoms with Crippen molar-refractivity contribution in [2.45, 2.75) is 33.3 Å². The number of aryl methyl sites for hydroxylation is 1. The van der Waals surface area contributed by atoms with E-state index in [0.717, 1.165) is 10.9 Å². The zero-order chi connectivity index (χ0) is 14.2. The molecule has 0 saturated heterocycles. The van der Waals surface area contributed by atoms with Gasteiger partial charge >= 0.3 is 6.09 Å². The highest BCUT2D eigenvalue weighted by Crippen LogP contribution is 2.22. The van der Waals surface area contributed by atoms with Crippen LogP contribution in [0.2, 0.25) is 0 Å². The Morgan fingerprint density at radius 3 is 2.58 bits per heavy atom. The average Bonchev–Trinajstić information content (AvgIpc) is 2.63. The van der Waals surface area contributed by atoms with Crippen LogP contribution < -0.4 is 0 Å². The number of benzene rings is 1. The molecule has 0 radical (unpaired) electrons. The van der Waals surface area contributed by atoms with Crippen LogP contribution in [0.25, 0.3) is 10.9 Å². The van der Waals surface area contributed by atoms with Crippen LogP contribution in [-0.4, -0.2) is 16.3 Å². The lowest BCUT2D eigenvalue weighted by molar-refractivity contribution is 0.0543. The standard InChI is InChI=1S/C15H16N2O2/c1-10-5-6-13-11(7-10)8-12(9-16)17(13)14(18)19-15(2,3)4/h5-8H,1-4H3. The fourth-order valence-electron chi connectivity index (χ4n) is 1.92. The molecule has 4 nitrogen and oxygen atoms in total. The molecule has 19 heavy (non-hydrogen) atoms. The quantitative estimate of drug-likeness (QED) is 0.723. The molecule has 4 heteroatoms. The summed E-state index contributed by atoms with van der Waals surface area (Å²) in [5.74, 6) is 0. The van der Waals surface area contributed by atoms with Gasteiger partial charge in [0.2, 0.25) is 0 Å². The summed E-state index contributed by atoms with van der Waals surface area (Å²) >= 11 is 0. The fraction of sp³-hybridized carbons (Fsp3) is 0.333. The topological polar surface area (TPSA) is 55.0 Å². The minimum Gasteiger partial charge on any atom is -0.443 e. The molecule has 0 aliphatic carbocycles. The Kier molecular flexibility index (Phi) is 3.07. The second kappa shape index (κ2) is 4.43. The van der Waals surface area contributed by atoms with Gasteiger partial charge in [-0.2, -0.15) is 5.26 Å². The Bertz CT molecular complexity index is 684. The van der Waals surface area contributed by atoms with Crippen molar-refractivity contribution in [1.29, 1.82) is 5.26 Å². The van der Waals surface area contributed by atoms with Gasteiger partial charge in [0.1, 0.15) is 17.4 Å². The number of carbonyl (C=O) groups excluding carboxylic acids is 1. The van der Waals surface area contributed by atoms with E-state index in [-0.39, 0.29) is 5.69 Å². The summed E-state index contributed by atoms with van der Waals surface area (Å²) < 4.78 is 6.66. The summed E-state index contributed by atoms with van der Waals surface area (Å²) in [6, 6.07) is 9.41. The first kappa shape index (κ1) is 13.2. The van der Waals surface area contributed by atoms with E-state index in [4.69, 9.17) is 10.00 Å². The van der Waals surface area contributed by atoms with Crippen molar-refractivity contribution < 1.29 is 9.53 Å². The number of ether oxygens (including phenoxy) is 1. The molecule has 0 amide bonds. The normalized spacial score (nSPS) is 11.3. The van der Waals surface area contributed by atoms with Crippen molar-refractivity contribution >= 4 is 17.0 Å². The molecule has 0 aliphatic rings. The van der Waals surface area contributed by atoms with Crippen LogP contribution >= 0.6 is 0 Å². The second-order valence-corrected chi connectivity index (χ2v) is 5.52. The van der Waals surface area contributed by atoms with Gasteiger partial charge in [-0.1, -0.05) is 11.6 Å². The smallest absolute Gasteiger partial charge is 0.420 e. The molecule has 0 fully saturated rings. The molecular formula is C15H16N2O2. The number of carbonyl (C=O) groups is 1. The predicted molar refractivity (Wildman–Crippen MR) is 73.0 cm³/mol. The zero-order valence-corrected chi connectivity index (χ0v) is 11.5. The van der Waals surface area contributed by atoms with Gasteiger partial charge in [0.05, 0.1) is 5.52 Å². The number of hydrogen-bond donors (Lipinski definition) is 0. The first-order valence-corrected chi connectivity index (χ1v) is 6.07. The lowest BCUT2D eigenvalue weighted by Crippen LogP contribution is -2.27. The predicted octanol–water partition coefficient (Wildman–Crippen LogP) is 3.60. The zero-order valence-electron chi connectivity index (χ0n) is 11.5. The number of nitriles is 1. The van der Waals surface area contributed by atoms with Gasteiger partial charge in [0.25, 0.3) is 0 Å². The van der Waals surface area contributed by atoms with Crippen molar-refractivity contribution in [2.75, 3.05) is 0 Å². The van der Waals surface area contributed by atoms with Crippen molar-refractivity contribution in [2.24, 2.45) is 0 Å². The number of rotatable bonds is 0. The highest BCUT2D eigenvalue weighted by Gasteiger charge is 2.21. The monoisotopic (exact) mass is 256 g/mol. The Labute approximate surface area is 112 Å². The van der Waals surface area contributed by atoms with Crippen LogP contribution in [0.15, 0.2) is 24.3 Å². The Hall–Kier alpha value is -2.28. The van der Waals surface area contributed by atoms with Crippen molar-refractivity contribution in [3.05, 3.63) is 35.5 Å². The molecule has 0 spiro atoms. The third-order valence-electron chi connectivity index (χ3n) is 2.65. The van der Waals surface area contributed by atoms with Crippen LogP contribution in [0.3, 0.4) is 0 Å². The van der Waals surface area contributed by atoms with Crippen LogP contribution in [-0.2, 0) is 4.74 Å². The largest absolute Gasteiger partial charge is 0.443 e. The van der Waals surface area contributed by atoms with Gasteiger partial charge in [-0.15, -0.1) is 0 Å². The number of nitrogens with zero attached hydrogens (tertiary/aromatic N) is 2. The average molecular weight is 256 g/mol. The molecule has 0 saturated carbocycles. The lowest BCUT2D eigenvalue weighted by atomic mass is 10.2. The second-order valence-electron chi connectivity index (χ2n) is 5.52. The van der Waals surface area contributed by atoms with Gasteiger partial charge in [-0.05, 0) is 45.9 Å². The third kappa shape index (κ3) is 2.60. The van der Waals surface area contributed by atoms with Crippen molar-refractivity contribution in [3.8, 4) is 6.07 Å². The van der Waals surface area contributed by atoms with E-state index in [1.807, 2.05) is 31.2 Å². The minimum absolute atomic E-state index is 0.287. The van der Waals surface area contributed by atoms with E-state index in [1.165, 1.54) is 4.57 Å². The summed E-state index contributed by atoms with van der Waals surface area (Å²) in [4.78, 5) is 12.2. The molecule has 0 atom stereocenters. The summed E-state index contributed by atoms with van der Waals surface area (Å²) in [6.07, 6.45) is -0.525. The number of hydrogen-bond acceptors (Lipinski definition) is 3. The summed E-state index contributed by atoms with van der Waals surface area (Å²) in [7, 11) is 0. The van der Waals surface area contributed by atoms with Crippen molar-refractivity contribution in [1.82, 2.24) is 4.57 Å². The van der Waals surface area contributed by atoms with Gasteiger partial charge in [-0.25, -0.2) is 9.36 Å². The molecule has 0 bridgehead atoms. The SMILES string of the molecule is Cc1ccc2c(c1)cc(C#N)n2C(=O)OC(C)(C)C. The molecule has 2 aromatic rings. The molecule has 98 valence electrons. The highest BCUT2D eigenvalue weighted by molar-refractivity contribution is 5.92. The van der Waals surface area contributed by atoms with Gasteiger partial charge < -0.3 is 4.74 Å². The van der Waals surface area contributed by atoms with Crippen LogP contribution in [0, 0.1) is 18.3 Å². The van der Waals surface area contributed by atoms with E-state index in [0.29, 0.717) is 5.52 Å². The first-order valence-electron chi connectivity index (χ1n) is 6.07. The van der Waals surface area contributed by atoms with E-state index in [1.54, 1.807) is 26.8 Å². The molecule has 1 aromatic heterocycles.